The molecule has 3 rings (SSSR count). The van der Waals surface area contributed by atoms with E-state index in [1.165, 1.54) is 5.56 Å². The molecule has 1 fully saturated rings. The number of carbonyl (C=O) groups is 1. The molecule has 2 aromatic rings. The molecule has 0 aliphatic carbocycles. The van der Waals surface area contributed by atoms with E-state index < -0.39 is 0 Å². The first kappa shape index (κ1) is 19.2. The number of hydrogen-bond donors (Lipinski definition) is 1. The van der Waals surface area contributed by atoms with Crippen molar-refractivity contribution in [3.8, 4) is 11.5 Å². The van der Waals surface area contributed by atoms with Gasteiger partial charge in [0.2, 0.25) is 0 Å². The van der Waals surface area contributed by atoms with E-state index in [1.54, 1.807) is 0 Å². The maximum atomic E-state index is 12.1. The maximum Gasteiger partial charge on any atom is 0.262 e. The fourth-order valence-electron chi connectivity index (χ4n) is 2.92. The molecule has 144 valence electrons. The topological polar surface area (TPSA) is 56.8 Å². The van der Waals surface area contributed by atoms with Crippen molar-refractivity contribution in [2.45, 2.75) is 38.7 Å². The molecule has 1 N–H and O–H groups in total. The predicted octanol–water partition coefficient (Wildman–Crippen LogP) is 4.39. The van der Waals surface area contributed by atoms with Gasteiger partial charge in [-0.3, -0.25) is 4.79 Å². The van der Waals surface area contributed by atoms with Crippen LogP contribution >= 0.6 is 0 Å². The average Bonchev–Trinajstić information content (AvgIpc) is 3.19. The molecule has 27 heavy (non-hydrogen) atoms. The van der Waals surface area contributed by atoms with E-state index in [-0.39, 0.29) is 18.6 Å². The van der Waals surface area contributed by atoms with Crippen LogP contribution in [0.15, 0.2) is 48.5 Å². The molecule has 1 heterocycles. The molecule has 1 amide bonds. The molecule has 5 nitrogen and oxygen atoms in total. The monoisotopic (exact) mass is 369 g/mol. The zero-order valence-electron chi connectivity index (χ0n) is 15.9. The van der Waals surface area contributed by atoms with E-state index in [1.807, 2.05) is 48.5 Å². The van der Waals surface area contributed by atoms with Gasteiger partial charge in [-0.15, -0.1) is 0 Å². The Balaban J connectivity index is 1.46. The Kier molecular flexibility index (Phi) is 6.71. The molecule has 1 saturated heterocycles. The molecule has 1 aliphatic heterocycles. The summed E-state index contributed by atoms with van der Waals surface area (Å²) in [6.07, 6.45) is 2.29. The van der Waals surface area contributed by atoms with Crippen LogP contribution in [0.2, 0.25) is 0 Å². The number of nitrogens with one attached hydrogen (secondary N) is 1. The van der Waals surface area contributed by atoms with Crippen molar-refractivity contribution < 1.29 is 19.0 Å². The van der Waals surface area contributed by atoms with Crippen LogP contribution in [0.3, 0.4) is 0 Å². The second kappa shape index (κ2) is 9.42. The van der Waals surface area contributed by atoms with Crippen LogP contribution in [0.4, 0.5) is 5.69 Å². The van der Waals surface area contributed by atoms with E-state index in [0.717, 1.165) is 19.4 Å². The highest BCUT2D eigenvalue weighted by Crippen LogP contribution is 2.20. The lowest BCUT2D eigenvalue weighted by Gasteiger charge is -2.13. The Morgan fingerprint density at radius 3 is 2.67 bits per heavy atom. The summed E-state index contributed by atoms with van der Waals surface area (Å²) in [7, 11) is 0. The first-order valence-electron chi connectivity index (χ1n) is 9.47. The molecule has 1 unspecified atom stereocenters. The van der Waals surface area contributed by atoms with Gasteiger partial charge in [0.1, 0.15) is 18.1 Å². The van der Waals surface area contributed by atoms with Gasteiger partial charge < -0.3 is 19.5 Å². The summed E-state index contributed by atoms with van der Waals surface area (Å²) in [5, 5.41) is 2.83. The van der Waals surface area contributed by atoms with Crippen LogP contribution in [-0.2, 0) is 9.53 Å². The van der Waals surface area contributed by atoms with Crippen molar-refractivity contribution in [1.29, 1.82) is 0 Å². The number of ether oxygens (including phenoxy) is 3. The lowest BCUT2D eigenvalue weighted by atomic mass is 10.0. The molecule has 5 heteroatoms. The van der Waals surface area contributed by atoms with Gasteiger partial charge in [0.05, 0.1) is 6.10 Å². The standard InChI is InChI=1S/C22H27NO4/c1-16(2)17-8-10-19(11-9-17)27-15-22(24)23-18-5-3-6-20(13-18)26-14-21-7-4-12-25-21/h3,5-6,8-11,13,16,21H,4,7,12,14-15H2,1-2H3,(H,23,24). The van der Waals surface area contributed by atoms with Crippen molar-refractivity contribution in [1.82, 2.24) is 0 Å². The SMILES string of the molecule is CC(C)c1ccc(OCC(=O)Nc2cccc(OCC3CCCO3)c2)cc1. The Bertz CT molecular complexity index is 736. The van der Waals surface area contributed by atoms with Crippen molar-refractivity contribution in [2.24, 2.45) is 0 Å². The smallest absolute Gasteiger partial charge is 0.262 e. The Labute approximate surface area is 160 Å². The second-order valence-electron chi connectivity index (χ2n) is 7.03. The highest BCUT2D eigenvalue weighted by molar-refractivity contribution is 5.92. The molecule has 0 aromatic heterocycles. The molecular formula is C22H27NO4. The quantitative estimate of drug-likeness (QED) is 0.750. The molecule has 0 saturated carbocycles. The van der Waals surface area contributed by atoms with E-state index in [9.17, 15) is 4.79 Å². The molecule has 1 atom stereocenters. The minimum atomic E-state index is -0.209. The maximum absolute atomic E-state index is 12.1. The van der Waals surface area contributed by atoms with E-state index >= 15 is 0 Å². The Morgan fingerprint density at radius 1 is 1.15 bits per heavy atom. The summed E-state index contributed by atoms with van der Waals surface area (Å²) in [4.78, 5) is 12.1. The lowest BCUT2D eigenvalue weighted by Crippen LogP contribution is -2.20. The lowest BCUT2D eigenvalue weighted by molar-refractivity contribution is -0.118. The van der Waals surface area contributed by atoms with Crippen LogP contribution in [-0.4, -0.2) is 31.8 Å². The van der Waals surface area contributed by atoms with E-state index in [0.29, 0.717) is 29.7 Å². The van der Waals surface area contributed by atoms with E-state index in [4.69, 9.17) is 14.2 Å². The second-order valence-corrected chi connectivity index (χ2v) is 7.03. The largest absolute Gasteiger partial charge is 0.491 e. The fraction of sp³-hybridized carbons (Fsp3) is 0.409. The number of rotatable bonds is 8. The van der Waals surface area contributed by atoms with Gasteiger partial charge in [0, 0.05) is 18.4 Å². The summed E-state index contributed by atoms with van der Waals surface area (Å²) in [6, 6.07) is 15.2. The number of carbonyl (C=O) groups excluding carboxylic acids is 1. The fourth-order valence-corrected chi connectivity index (χ4v) is 2.92. The van der Waals surface area contributed by atoms with Gasteiger partial charge in [0.25, 0.3) is 5.91 Å². The summed E-state index contributed by atoms with van der Waals surface area (Å²) >= 11 is 0. The van der Waals surface area contributed by atoms with Gasteiger partial charge in [-0.2, -0.15) is 0 Å². The normalized spacial score (nSPS) is 16.3. The summed E-state index contributed by atoms with van der Waals surface area (Å²) < 4.78 is 16.9. The zero-order chi connectivity index (χ0) is 19.1. The van der Waals surface area contributed by atoms with Gasteiger partial charge >= 0.3 is 0 Å². The molecule has 2 aromatic carbocycles. The van der Waals surface area contributed by atoms with Gasteiger partial charge in [0.15, 0.2) is 6.61 Å². The zero-order valence-corrected chi connectivity index (χ0v) is 15.9. The molecule has 0 spiro atoms. The average molecular weight is 369 g/mol. The number of amides is 1. The van der Waals surface area contributed by atoms with Crippen molar-refractivity contribution in [3.63, 3.8) is 0 Å². The van der Waals surface area contributed by atoms with Crippen molar-refractivity contribution in [3.05, 3.63) is 54.1 Å². The minimum absolute atomic E-state index is 0.0397. The number of benzene rings is 2. The van der Waals surface area contributed by atoms with Crippen LogP contribution in [0.5, 0.6) is 11.5 Å². The highest BCUT2D eigenvalue weighted by atomic mass is 16.5. The number of hydrogen-bond acceptors (Lipinski definition) is 4. The predicted molar refractivity (Wildman–Crippen MR) is 106 cm³/mol. The molecule has 0 radical (unpaired) electrons. The summed E-state index contributed by atoms with van der Waals surface area (Å²) in [5.41, 5.74) is 1.93. The van der Waals surface area contributed by atoms with Gasteiger partial charge in [-0.1, -0.05) is 32.0 Å². The minimum Gasteiger partial charge on any atom is -0.491 e. The Morgan fingerprint density at radius 2 is 1.96 bits per heavy atom. The van der Waals surface area contributed by atoms with Crippen LogP contribution in [0.25, 0.3) is 0 Å². The van der Waals surface area contributed by atoms with E-state index in [2.05, 4.69) is 19.2 Å². The third kappa shape index (κ3) is 6.00. The van der Waals surface area contributed by atoms with Gasteiger partial charge in [-0.05, 0) is 48.6 Å². The van der Waals surface area contributed by atoms with Crippen LogP contribution in [0.1, 0.15) is 38.2 Å². The number of anilines is 1. The molecule has 1 aliphatic rings. The first-order chi connectivity index (χ1) is 13.1. The van der Waals surface area contributed by atoms with Crippen LogP contribution in [0, 0.1) is 0 Å². The van der Waals surface area contributed by atoms with Crippen molar-refractivity contribution in [2.75, 3.05) is 25.1 Å². The first-order valence-corrected chi connectivity index (χ1v) is 9.47. The Hall–Kier alpha value is -2.53. The molecular weight excluding hydrogens is 342 g/mol. The summed E-state index contributed by atoms with van der Waals surface area (Å²) in [6.45, 7) is 5.59. The van der Waals surface area contributed by atoms with Gasteiger partial charge in [-0.25, -0.2) is 0 Å². The highest BCUT2D eigenvalue weighted by Gasteiger charge is 2.16. The van der Waals surface area contributed by atoms with Crippen LogP contribution < -0.4 is 14.8 Å². The molecule has 0 bridgehead atoms. The third-order valence-electron chi connectivity index (χ3n) is 4.49. The third-order valence-corrected chi connectivity index (χ3v) is 4.49. The summed E-state index contributed by atoms with van der Waals surface area (Å²) in [5.74, 6) is 1.66. The van der Waals surface area contributed by atoms with Crippen molar-refractivity contribution >= 4 is 11.6 Å².